The van der Waals surface area contributed by atoms with Crippen molar-refractivity contribution in [3.05, 3.63) is 0 Å². The zero-order valence-electron chi connectivity index (χ0n) is 12.9. The molecule has 2 aliphatic rings. The van der Waals surface area contributed by atoms with Gasteiger partial charge in [0.05, 0.1) is 12.2 Å². The van der Waals surface area contributed by atoms with Gasteiger partial charge in [0.15, 0.2) is 0 Å². The van der Waals surface area contributed by atoms with E-state index in [2.05, 4.69) is 10.2 Å². The van der Waals surface area contributed by atoms with E-state index in [0.717, 1.165) is 13.0 Å². The summed E-state index contributed by atoms with van der Waals surface area (Å²) in [5.41, 5.74) is 0. The number of amides is 2. The maximum absolute atomic E-state index is 12.1. The first-order chi connectivity index (χ1) is 9.65. The highest BCUT2D eigenvalue weighted by molar-refractivity contribution is 5.74. The predicted molar refractivity (Wildman–Crippen MR) is 79.9 cm³/mol. The molecule has 0 aliphatic carbocycles. The van der Waals surface area contributed by atoms with Gasteiger partial charge in [-0.1, -0.05) is 0 Å². The molecule has 2 rings (SSSR count). The van der Waals surface area contributed by atoms with E-state index in [1.807, 2.05) is 18.7 Å². The predicted octanol–water partition coefficient (Wildman–Crippen LogP) is 1.68. The number of likely N-dealkylation sites (tertiary alicyclic amines) is 1. The molecule has 5 heteroatoms. The maximum atomic E-state index is 12.1. The van der Waals surface area contributed by atoms with Crippen LogP contribution < -0.4 is 5.32 Å². The number of hydrogen-bond donors (Lipinski definition) is 1. The molecule has 1 N–H and O–H groups in total. The van der Waals surface area contributed by atoms with Crippen molar-refractivity contribution in [3.8, 4) is 0 Å². The SMILES string of the molecule is CC1CN(C(=O)NCCCCN2CCCC2)CC(C)O1. The standard InChI is InChI=1S/C15H29N3O2/c1-13-11-18(12-14(2)20-13)15(19)16-7-3-4-8-17-9-5-6-10-17/h13-14H,3-12H2,1-2H3,(H,16,19). The molecule has 2 amide bonds. The highest BCUT2D eigenvalue weighted by Crippen LogP contribution is 2.11. The van der Waals surface area contributed by atoms with Crippen molar-refractivity contribution in [3.63, 3.8) is 0 Å². The molecule has 0 bridgehead atoms. The van der Waals surface area contributed by atoms with Gasteiger partial charge >= 0.3 is 6.03 Å². The molecule has 2 atom stereocenters. The fraction of sp³-hybridized carbons (Fsp3) is 0.933. The Morgan fingerprint density at radius 2 is 1.80 bits per heavy atom. The first-order valence-corrected chi connectivity index (χ1v) is 8.06. The number of carbonyl (C=O) groups excluding carboxylic acids is 1. The van der Waals surface area contributed by atoms with Crippen LogP contribution in [0.2, 0.25) is 0 Å². The Balaban J connectivity index is 1.55. The first kappa shape index (κ1) is 15.6. The van der Waals surface area contributed by atoms with Gasteiger partial charge in [-0.05, 0) is 59.2 Å². The largest absolute Gasteiger partial charge is 0.372 e. The van der Waals surface area contributed by atoms with Gasteiger partial charge in [0, 0.05) is 19.6 Å². The van der Waals surface area contributed by atoms with E-state index in [-0.39, 0.29) is 18.2 Å². The molecule has 0 aromatic rings. The number of unbranched alkanes of at least 4 members (excludes halogenated alkanes) is 1. The Hall–Kier alpha value is -0.810. The highest BCUT2D eigenvalue weighted by Gasteiger charge is 2.25. The van der Waals surface area contributed by atoms with Crippen molar-refractivity contribution < 1.29 is 9.53 Å². The average molecular weight is 283 g/mol. The molecule has 2 aliphatic heterocycles. The van der Waals surface area contributed by atoms with Crippen LogP contribution in [0.25, 0.3) is 0 Å². The monoisotopic (exact) mass is 283 g/mol. The van der Waals surface area contributed by atoms with Crippen LogP contribution in [0.4, 0.5) is 4.79 Å². The van der Waals surface area contributed by atoms with Crippen LogP contribution in [0.15, 0.2) is 0 Å². The minimum Gasteiger partial charge on any atom is -0.372 e. The van der Waals surface area contributed by atoms with Gasteiger partial charge in [-0.2, -0.15) is 0 Å². The number of urea groups is 1. The van der Waals surface area contributed by atoms with Gasteiger partial charge < -0.3 is 19.9 Å². The summed E-state index contributed by atoms with van der Waals surface area (Å²) in [6.45, 7) is 9.92. The number of hydrogen-bond acceptors (Lipinski definition) is 3. The Bertz CT molecular complexity index is 295. The maximum Gasteiger partial charge on any atom is 0.317 e. The van der Waals surface area contributed by atoms with Crippen LogP contribution in [0.5, 0.6) is 0 Å². The Morgan fingerprint density at radius 3 is 2.45 bits per heavy atom. The number of nitrogens with one attached hydrogen (secondary N) is 1. The molecular weight excluding hydrogens is 254 g/mol. The molecule has 2 saturated heterocycles. The van der Waals surface area contributed by atoms with Crippen LogP contribution in [0.3, 0.4) is 0 Å². The molecule has 2 heterocycles. The van der Waals surface area contributed by atoms with Crippen molar-refractivity contribution in [1.82, 2.24) is 15.1 Å². The summed E-state index contributed by atoms with van der Waals surface area (Å²) in [5, 5.41) is 3.03. The summed E-state index contributed by atoms with van der Waals surface area (Å²) in [4.78, 5) is 16.5. The van der Waals surface area contributed by atoms with Crippen molar-refractivity contribution in [1.29, 1.82) is 0 Å². The van der Waals surface area contributed by atoms with Crippen molar-refractivity contribution in [2.24, 2.45) is 0 Å². The van der Waals surface area contributed by atoms with Gasteiger partial charge in [-0.25, -0.2) is 4.79 Å². The number of ether oxygens (including phenoxy) is 1. The minimum absolute atomic E-state index is 0.0631. The lowest BCUT2D eigenvalue weighted by molar-refractivity contribution is -0.0545. The Labute approximate surface area is 122 Å². The third-order valence-electron chi connectivity index (χ3n) is 4.08. The molecular formula is C15H29N3O2. The smallest absolute Gasteiger partial charge is 0.317 e. The molecule has 116 valence electrons. The van der Waals surface area contributed by atoms with Gasteiger partial charge in [-0.15, -0.1) is 0 Å². The lowest BCUT2D eigenvalue weighted by Gasteiger charge is -2.35. The molecule has 0 spiro atoms. The second kappa shape index (κ2) is 7.84. The Morgan fingerprint density at radius 1 is 1.15 bits per heavy atom. The summed E-state index contributed by atoms with van der Waals surface area (Å²) in [6, 6.07) is 0.0631. The van der Waals surface area contributed by atoms with Gasteiger partial charge in [0.2, 0.25) is 0 Å². The zero-order valence-corrected chi connectivity index (χ0v) is 12.9. The van der Waals surface area contributed by atoms with Crippen LogP contribution in [-0.4, -0.2) is 67.3 Å². The van der Waals surface area contributed by atoms with E-state index in [4.69, 9.17) is 4.74 Å². The van der Waals surface area contributed by atoms with Crippen molar-refractivity contribution >= 4 is 6.03 Å². The number of carbonyl (C=O) groups is 1. The first-order valence-electron chi connectivity index (χ1n) is 8.06. The zero-order chi connectivity index (χ0) is 14.4. The van der Waals surface area contributed by atoms with E-state index < -0.39 is 0 Å². The van der Waals surface area contributed by atoms with Crippen molar-refractivity contribution in [2.75, 3.05) is 39.3 Å². The van der Waals surface area contributed by atoms with Gasteiger partial charge in [0.25, 0.3) is 0 Å². The van der Waals surface area contributed by atoms with Crippen LogP contribution in [-0.2, 0) is 4.74 Å². The van der Waals surface area contributed by atoms with Crippen LogP contribution in [0, 0.1) is 0 Å². The molecule has 5 nitrogen and oxygen atoms in total. The third kappa shape index (κ3) is 4.94. The van der Waals surface area contributed by atoms with Crippen LogP contribution in [0.1, 0.15) is 39.5 Å². The summed E-state index contributed by atoms with van der Waals surface area (Å²) in [5.74, 6) is 0. The normalized spacial score (nSPS) is 27.8. The second-order valence-corrected chi connectivity index (χ2v) is 6.15. The van der Waals surface area contributed by atoms with Crippen molar-refractivity contribution in [2.45, 2.75) is 51.7 Å². The fourth-order valence-corrected chi connectivity index (χ4v) is 3.12. The van der Waals surface area contributed by atoms with Gasteiger partial charge in [0.1, 0.15) is 0 Å². The summed E-state index contributed by atoms with van der Waals surface area (Å²) in [7, 11) is 0. The van der Waals surface area contributed by atoms with E-state index in [9.17, 15) is 4.79 Å². The molecule has 20 heavy (non-hydrogen) atoms. The number of rotatable bonds is 5. The van der Waals surface area contributed by atoms with E-state index in [1.54, 1.807) is 0 Å². The fourth-order valence-electron chi connectivity index (χ4n) is 3.12. The average Bonchev–Trinajstić information content (AvgIpc) is 2.90. The van der Waals surface area contributed by atoms with E-state index in [1.165, 1.54) is 38.9 Å². The van der Waals surface area contributed by atoms with E-state index in [0.29, 0.717) is 13.1 Å². The summed E-state index contributed by atoms with van der Waals surface area (Å²) >= 11 is 0. The van der Waals surface area contributed by atoms with Gasteiger partial charge in [-0.3, -0.25) is 0 Å². The summed E-state index contributed by atoms with van der Waals surface area (Å²) in [6.07, 6.45) is 5.22. The second-order valence-electron chi connectivity index (χ2n) is 6.15. The lowest BCUT2D eigenvalue weighted by Crippen LogP contribution is -2.51. The lowest BCUT2D eigenvalue weighted by atomic mass is 10.2. The molecule has 0 aromatic carbocycles. The van der Waals surface area contributed by atoms with Crippen LogP contribution >= 0.6 is 0 Å². The van der Waals surface area contributed by atoms with E-state index >= 15 is 0 Å². The molecule has 0 aromatic heterocycles. The molecule has 2 fully saturated rings. The molecule has 0 radical (unpaired) electrons. The summed E-state index contributed by atoms with van der Waals surface area (Å²) < 4.78 is 5.64. The molecule has 0 saturated carbocycles. The molecule has 2 unspecified atom stereocenters. The Kier molecular flexibility index (Phi) is 6.10. The number of nitrogens with zero attached hydrogens (tertiary/aromatic N) is 2. The third-order valence-corrected chi connectivity index (χ3v) is 4.08. The topological polar surface area (TPSA) is 44.8 Å². The number of morpholine rings is 1. The minimum atomic E-state index is 0.0631. The quantitative estimate of drug-likeness (QED) is 0.781. The highest BCUT2D eigenvalue weighted by atomic mass is 16.5.